The number of carbonyl (C=O) groups excluding carboxylic acids is 3. The maximum Gasteiger partial charge on any atom is 0.325 e. The van der Waals surface area contributed by atoms with Gasteiger partial charge in [0.25, 0.3) is 11.8 Å². The van der Waals surface area contributed by atoms with Crippen molar-refractivity contribution in [1.29, 1.82) is 0 Å². The Balaban J connectivity index is 1.77. The Hall–Kier alpha value is -3.94. The van der Waals surface area contributed by atoms with Crippen molar-refractivity contribution in [2.75, 3.05) is 7.11 Å². The SMILES string of the molecule is COC(=O)Cn1c(C)c(C=NNC(=O)C(NC(=O)c2ccc(C)cc2)C(C)C)c2ccccc21. The number of benzene rings is 2. The van der Waals surface area contributed by atoms with Crippen LogP contribution in [-0.2, 0) is 20.9 Å². The van der Waals surface area contributed by atoms with Crippen molar-refractivity contribution >= 4 is 34.9 Å². The number of aromatic nitrogens is 1. The number of para-hydroxylation sites is 1. The van der Waals surface area contributed by atoms with Gasteiger partial charge < -0.3 is 14.6 Å². The van der Waals surface area contributed by atoms with Crippen molar-refractivity contribution in [3.8, 4) is 0 Å². The van der Waals surface area contributed by atoms with Crippen LogP contribution >= 0.6 is 0 Å². The molecule has 3 rings (SSSR count). The van der Waals surface area contributed by atoms with Gasteiger partial charge in [0.2, 0.25) is 0 Å². The summed E-state index contributed by atoms with van der Waals surface area (Å²) < 4.78 is 6.66. The number of aryl methyl sites for hydroxylation is 1. The van der Waals surface area contributed by atoms with E-state index in [1.54, 1.807) is 18.3 Å². The van der Waals surface area contributed by atoms with E-state index >= 15 is 0 Å². The molecule has 1 aromatic heterocycles. The van der Waals surface area contributed by atoms with Crippen LogP contribution in [0.4, 0.5) is 0 Å². The van der Waals surface area contributed by atoms with Gasteiger partial charge in [-0.2, -0.15) is 5.10 Å². The number of nitrogens with zero attached hydrogens (tertiary/aromatic N) is 2. The number of carbonyl (C=O) groups is 3. The molecule has 0 aliphatic carbocycles. The van der Waals surface area contributed by atoms with Gasteiger partial charge in [0.1, 0.15) is 12.6 Å². The van der Waals surface area contributed by atoms with Crippen LogP contribution in [0.25, 0.3) is 10.9 Å². The first-order valence-corrected chi connectivity index (χ1v) is 11.1. The summed E-state index contributed by atoms with van der Waals surface area (Å²) in [6.45, 7) is 7.61. The first-order valence-electron chi connectivity index (χ1n) is 11.1. The summed E-state index contributed by atoms with van der Waals surface area (Å²) in [5.41, 5.74) is 6.55. The quantitative estimate of drug-likeness (QED) is 0.305. The molecule has 178 valence electrons. The summed E-state index contributed by atoms with van der Waals surface area (Å²) in [4.78, 5) is 37.3. The predicted octanol–water partition coefficient (Wildman–Crippen LogP) is 3.34. The van der Waals surface area contributed by atoms with Gasteiger partial charge >= 0.3 is 5.97 Å². The number of rotatable bonds is 8. The number of fused-ring (bicyclic) bond motifs is 1. The van der Waals surface area contributed by atoms with Crippen molar-refractivity contribution in [2.24, 2.45) is 11.0 Å². The molecular weight excluding hydrogens is 432 g/mol. The Morgan fingerprint density at radius 2 is 1.74 bits per heavy atom. The van der Waals surface area contributed by atoms with E-state index in [1.807, 2.05) is 68.7 Å². The molecule has 2 amide bonds. The Labute approximate surface area is 199 Å². The van der Waals surface area contributed by atoms with E-state index in [-0.39, 0.29) is 24.3 Å². The fraction of sp³-hybridized carbons (Fsp3) is 0.308. The second-order valence-corrected chi connectivity index (χ2v) is 8.47. The molecule has 0 bridgehead atoms. The van der Waals surface area contributed by atoms with E-state index in [1.165, 1.54) is 7.11 Å². The van der Waals surface area contributed by atoms with Crippen molar-refractivity contribution in [1.82, 2.24) is 15.3 Å². The smallest absolute Gasteiger partial charge is 0.325 e. The van der Waals surface area contributed by atoms with E-state index in [0.29, 0.717) is 5.56 Å². The number of hydrogen-bond acceptors (Lipinski definition) is 5. The minimum absolute atomic E-state index is 0.0729. The first-order chi connectivity index (χ1) is 16.2. The third-order valence-corrected chi connectivity index (χ3v) is 5.71. The molecule has 0 saturated carbocycles. The van der Waals surface area contributed by atoms with E-state index in [9.17, 15) is 14.4 Å². The lowest BCUT2D eigenvalue weighted by Crippen LogP contribution is -2.48. The van der Waals surface area contributed by atoms with Crippen LogP contribution in [0.3, 0.4) is 0 Å². The summed E-state index contributed by atoms with van der Waals surface area (Å²) in [6, 6.07) is 14.0. The molecule has 0 saturated heterocycles. The molecule has 1 unspecified atom stereocenters. The molecule has 34 heavy (non-hydrogen) atoms. The number of hydrazone groups is 1. The zero-order valence-electron chi connectivity index (χ0n) is 20.1. The number of nitrogens with one attached hydrogen (secondary N) is 2. The van der Waals surface area contributed by atoms with Crippen molar-refractivity contribution in [2.45, 2.75) is 40.3 Å². The number of esters is 1. The number of methoxy groups -OCH3 is 1. The van der Waals surface area contributed by atoms with Crippen molar-refractivity contribution < 1.29 is 19.1 Å². The van der Waals surface area contributed by atoms with E-state index in [0.717, 1.165) is 27.7 Å². The van der Waals surface area contributed by atoms with Crippen molar-refractivity contribution in [3.63, 3.8) is 0 Å². The Kier molecular flexibility index (Phi) is 7.83. The zero-order valence-corrected chi connectivity index (χ0v) is 20.1. The average molecular weight is 463 g/mol. The fourth-order valence-electron chi connectivity index (χ4n) is 3.71. The van der Waals surface area contributed by atoms with Gasteiger partial charge in [-0.15, -0.1) is 0 Å². The van der Waals surface area contributed by atoms with Crippen LogP contribution in [0.1, 0.15) is 41.0 Å². The third kappa shape index (κ3) is 5.51. The maximum absolute atomic E-state index is 12.8. The molecule has 1 atom stereocenters. The topological polar surface area (TPSA) is 102 Å². The van der Waals surface area contributed by atoms with Gasteiger partial charge in [-0.25, -0.2) is 5.43 Å². The Bertz CT molecular complexity index is 1230. The highest BCUT2D eigenvalue weighted by atomic mass is 16.5. The highest BCUT2D eigenvalue weighted by molar-refractivity contribution is 6.02. The molecule has 0 aliphatic heterocycles. The zero-order chi connectivity index (χ0) is 24.8. The van der Waals surface area contributed by atoms with Gasteiger partial charge in [-0.1, -0.05) is 49.7 Å². The largest absolute Gasteiger partial charge is 0.468 e. The molecule has 1 heterocycles. The van der Waals surface area contributed by atoms with Crippen LogP contribution in [-0.4, -0.2) is 41.7 Å². The molecule has 2 aromatic carbocycles. The maximum atomic E-state index is 12.8. The second-order valence-electron chi connectivity index (χ2n) is 8.47. The van der Waals surface area contributed by atoms with Gasteiger partial charge in [-0.05, 0) is 38.0 Å². The minimum Gasteiger partial charge on any atom is -0.468 e. The van der Waals surface area contributed by atoms with Gasteiger partial charge in [-0.3, -0.25) is 14.4 Å². The fourth-order valence-corrected chi connectivity index (χ4v) is 3.71. The molecule has 0 fully saturated rings. The predicted molar refractivity (Wildman–Crippen MR) is 132 cm³/mol. The normalized spacial score (nSPS) is 12.2. The monoisotopic (exact) mass is 462 g/mol. The second kappa shape index (κ2) is 10.8. The molecule has 2 N–H and O–H groups in total. The molecule has 3 aromatic rings. The van der Waals surface area contributed by atoms with Gasteiger partial charge in [0, 0.05) is 27.7 Å². The van der Waals surface area contributed by atoms with Crippen LogP contribution in [0.5, 0.6) is 0 Å². The number of hydrogen-bond donors (Lipinski definition) is 2. The summed E-state index contributed by atoms with van der Waals surface area (Å²) in [6.07, 6.45) is 1.56. The standard InChI is InChI=1S/C26H30N4O4/c1-16(2)24(28-25(32)19-12-10-17(3)11-13-19)26(33)29-27-14-21-18(4)30(15-23(31)34-5)22-9-7-6-8-20(21)22/h6-14,16,24H,15H2,1-5H3,(H,28,32)(H,29,33). The minimum atomic E-state index is -0.757. The van der Waals surface area contributed by atoms with Crippen molar-refractivity contribution in [3.05, 3.63) is 70.9 Å². The molecule has 0 radical (unpaired) electrons. The molecule has 8 nitrogen and oxygen atoms in total. The van der Waals surface area contributed by atoms with Crippen LogP contribution in [0.2, 0.25) is 0 Å². The molecule has 8 heteroatoms. The average Bonchev–Trinajstić information content (AvgIpc) is 3.08. The number of ether oxygens (including phenoxy) is 1. The Morgan fingerprint density at radius 3 is 2.38 bits per heavy atom. The number of amides is 2. The summed E-state index contributed by atoms with van der Waals surface area (Å²) in [5, 5.41) is 7.85. The lowest BCUT2D eigenvalue weighted by Gasteiger charge is -2.20. The molecule has 0 spiro atoms. The summed E-state index contributed by atoms with van der Waals surface area (Å²) in [7, 11) is 1.35. The molecule has 0 aliphatic rings. The Morgan fingerprint density at radius 1 is 1.06 bits per heavy atom. The van der Waals surface area contributed by atoms with Gasteiger partial charge in [0.15, 0.2) is 0 Å². The summed E-state index contributed by atoms with van der Waals surface area (Å²) in [5.74, 6) is -1.24. The third-order valence-electron chi connectivity index (χ3n) is 5.71. The van der Waals surface area contributed by atoms with Gasteiger partial charge in [0.05, 0.1) is 13.3 Å². The van der Waals surface area contributed by atoms with Crippen LogP contribution in [0.15, 0.2) is 53.6 Å². The van der Waals surface area contributed by atoms with Crippen LogP contribution < -0.4 is 10.7 Å². The lowest BCUT2D eigenvalue weighted by molar-refractivity contribution is -0.141. The summed E-state index contributed by atoms with van der Waals surface area (Å²) >= 11 is 0. The lowest BCUT2D eigenvalue weighted by atomic mass is 10.0. The molecular formula is C26H30N4O4. The van der Waals surface area contributed by atoms with Crippen LogP contribution in [0, 0.1) is 19.8 Å². The van der Waals surface area contributed by atoms with E-state index in [4.69, 9.17) is 4.74 Å². The van der Waals surface area contributed by atoms with E-state index in [2.05, 4.69) is 15.8 Å². The highest BCUT2D eigenvalue weighted by Gasteiger charge is 2.24. The van der Waals surface area contributed by atoms with E-state index < -0.39 is 11.9 Å². The highest BCUT2D eigenvalue weighted by Crippen LogP contribution is 2.24. The first kappa shape index (κ1) is 24.7.